The predicted octanol–water partition coefficient (Wildman–Crippen LogP) is 0.845. The Morgan fingerprint density at radius 2 is 1.80 bits per heavy atom. The van der Waals surface area contributed by atoms with Gasteiger partial charge in [-0.2, -0.15) is 0 Å². The number of benzene rings is 1. The molecule has 0 radical (unpaired) electrons. The summed E-state index contributed by atoms with van der Waals surface area (Å²) in [4.78, 5) is 0. The summed E-state index contributed by atoms with van der Waals surface area (Å²) in [7, 11) is 0. The molecule has 10 heavy (non-hydrogen) atoms. The van der Waals surface area contributed by atoms with Crippen LogP contribution in [0, 0.1) is 5.82 Å². The minimum absolute atomic E-state index is 0.0833. The summed E-state index contributed by atoms with van der Waals surface area (Å²) in [5, 5.41) is 8.85. The summed E-state index contributed by atoms with van der Waals surface area (Å²) >= 11 is 2.43. The maximum atomic E-state index is 12.2. The molecule has 0 bridgehead atoms. The van der Waals surface area contributed by atoms with Crippen molar-refractivity contribution in [1.29, 1.82) is 0 Å². The number of aliphatic hydroxyl groups is 1. The first-order valence-electron chi connectivity index (χ1n) is 2.69. The fourth-order valence-electron chi connectivity index (χ4n) is 0.592. The van der Waals surface area contributed by atoms with E-state index >= 15 is 0 Å². The second kappa shape index (κ2) is 2.95. The van der Waals surface area contributed by atoms with Crippen molar-refractivity contribution in [2.45, 2.75) is 0 Å². The van der Waals surface area contributed by atoms with Gasteiger partial charge >= 0.3 is 65.3 Å². The zero-order chi connectivity index (χ0) is 7.56. The second-order valence-corrected chi connectivity index (χ2v) is 2.62. The van der Waals surface area contributed by atoms with Crippen LogP contribution in [0.1, 0.15) is 5.56 Å². The van der Waals surface area contributed by atoms with Crippen molar-refractivity contribution in [3.8, 4) is 0 Å². The Labute approximate surface area is 65.9 Å². The topological polar surface area (TPSA) is 20.2 Å². The Kier molecular flexibility index (Phi) is 2.20. The van der Waals surface area contributed by atoms with Crippen molar-refractivity contribution in [2.75, 3.05) is 0 Å². The van der Waals surface area contributed by atoms with Crippen LogP contribution >= 0.6 is 0 Å². The maximum absolute atomic E-state index is 12.2. The van der Waals surface area contributed by atoms with Gasteiger partial charge in [0.25, 0.3) is 0 Å². The van der Waals surface area contributed by atoms with Crippen molar-refractivity contribution in [3.63, 3.8) is 0 Å². The molecular weight excluding hydrogens is 198 g/mol. The van der Waals surface area contributed by atoms with E-state index in [1.807, 2.05) is 0 Å². The average molecular weight is 203 g/mol. The molecule has 3 heteroatoms. The fraction of sp³-hybridized carbons (Fsp3) is 0. The molecule has 0 amide bonds. The van der Waals surface area contributed by atoms with Gasteiger partial charge in [0.15, 0.2) is 0 Å². The molecule has 0 aliphatic carbocycles. The SMILES string of the molecule is OC(=[Se])c1ccc(F)cc1. The van der Waals surface area contributed by atoms with Crippen LogP contribution in [0.4, 0.5) is 4.39 Å². The zero-order valence-electron chi connectivity index (χ0n) is 5.04. The molecule has 1 rings (SSSR count). The van der Waals surface area contributed by atoms with E-state index in [4.69, 9.17) is 5.11 Å². The van der Waals surface area contributed by atoms with E-state index in [1.165, 1.54) is 24.3 Å². The molecule has 1 aromatic rings. The van der Waals surface area contributed by atoms with Gasteiger partial charge in [-0.05, 0) is 0 Å². The molecule has 0 spiro atoms. The van der Waals surface area contributed by atoms with E-state index in [0.29, 0.717) is 5.56 Å². The second-order valence-electron chi connectivity index (χ2n) is 1.81. The fourth-order valence-corrected chi connectivity index (χ4v) is 0.878. The monoisotopic (exact) mass is 204 g/mol. The van der Waals surface area contributed by atoms with Gasteiger partial charge in [-0.1, -0.05) is 0 Å². The number of rotatable bonds is 1. The first-order valence-corrected chi connectivity index (χ1v) is 3.54. The van der Waals surface area contributed by atoms with Crippen molar-refractivity contribution in [2.24, 2.45) is 0 Å². The average Bonchev–Trinajstić information content (AvgIpc) is 1.88. The van der Waals surface area contributed by atoms with Gasteiger partial charge in [0.2, 0.25) is 0 Å². The third-order valence-electron chi connectivity index (χ3n) is 1.09. The van der Waals surface area contributed by atoms with Crippen LogP contribution in [0.15, 0.2) is 24.3 Å². The Bertz CT molecular complexity index is 242. The van der Waals surface area contributed by atoms with E-state index in [-0.39, 0.29) is 10.4 Å². The zero-order valence-corrected chi connectivity index (χ0v) is 6.76. The molecule has 1 nitrogen and oxygen atoms in total. The molecule has 1 N–H and O–H groups in total. The molecule has 0 heterocycles. The van der Waals surface area contributed by atoms with Gasteiger partial charge in [-0.15, -0.1) is 0 Å². The molecule has 1 aromatic carbocycles. The molecule has 0 unspecified atom stereocenters. The Balaban J connectivity index is 3.00. The summed E-state index contributed by atoms with van der Waals surface area (Å²) in [6, 6.07) is 5.59. The van der Waals surface area contributed by atoms with Crippen LogP contribution in [0.25, 0.3) is 0 Å². The van der Waals surface area contributed by atoms with Crippen LogP contribution < -0.4 is 0 Å². The first-order chi connectivity index (χ1) is 4.70. The van der Waals surface area contributed by atoms with Gasteiger partial charge in [0.1, 0.15) is 0 Å². The summed E-state index contributed by atoms with van der Waals surface area (Å²) < 4.78 is 12.3. The molecule has 0 aliphatic rings. The van der Waals surface area contributed by atoms with Gasteiger partial charge in [-0.3, -0.25) is 0 Å². The van der Waals surface area contributed by atoms with Gasteiger partial charge in [-0.25, -0.2) is 0 Å². The minimum atomic E-state index is -0.301. The predicted molar refractivity (Wildman–Crippen MR) is 38.2 cm³/mol. The number of hydrogen-bond donors (Lipinski definition) is 1. The van der Waals surface area contributed by atoms with E-state index in [1.54, 1.807) is 0 Å². The van der Waals surface area contributed by atoms with Crippen molar-refractivity contribution in [1.82, 2.24) is 0 Å². The third-order valence-corrected chi connectivity index (χ3v) is 1.59. The van der Waals surface area contributed by atoms with Crippen LogP contribution in [-0.4, -0.2) is 25.3 Å². The van der Waals surface area contributed by atoms with Crippen LogP contribution in [0.5, 0.6) is 0 Å². The number of hydrogen-bond acceptors (Lipinski definition) is 1. The first kappa shape index (κ1) is 7.45. The van der Waals surface area contributed by atoms with Gasteiger partial charge in [0.05, 0.1) is 0 Å². The molecular formula is C7H5FOSe. The normalized spacial score (nSPS) is 9.30. The van der Waals surface area contributed by atoms with Crippen LogP contribution in [-0.2, 0) is 0 Å². The van der Waals surface area contributed by atoms with E-state index in [0.717, 1.165) is 0 Å². The van der Waals surface area contributed by atoms with Crippen molar-refractivity contribution >= 4 is 20.2 Å². The molecule has 0 fully saturated rings. The van der Waals surface area contributed by atoms with Crippen molar-refractivity contribution < 1.29 is 9.50 Å². The van der Waals surface area contributed by atoms with Gasteiger partial charge in [0, 0.05) is 0 Å². The third kappa shape index (κ3) is 1.66. The van der Waals surface area contributed by atoms with Crippen molar-refractivity contribution in [3.05, 3.63) is 35.6 Å². The number of halogens is 1. The molecule has 0 saturated carbocycles. The molecule has 0 aliphatic heterocycles. The van der Waals surface area contributed by atoms with E-state index < -0.39 is 0 Å². The summed E-state index contributed by atoms with van der Waals surface area (Å²) in [6.45, 7) is 0. The van der Waals surface area contributed by atoms with Crippen LogP contribution in [0.2, 0.25) is 0 Å². The van der Waals surface area contributed by atoms with Crippen LogP contribution in [0.3, 0.4) is 0 Å². The Morgan fingerprint density at radius 1 is 1.30 bits per heavy atom. The molecule has 0 aromatic heterocycles. The standard InChI is InChI=1S/C7H5FOSe/c8-6-3-1-5(2-4-6)7(9)10/h1-4H,(H,9,10). The van der Waals surface area contributed by atoms with E-state index in [2.05, 4.69) is 15.6 Å². The molecule has 0 atom stereocenters. The van der Waals surface area contributed by atoms with Gasteiger partial charge < -0.3 is 0 Å². The summed E-state index contributed by atoms with van der Waals surface area (Å²) in [5.74, 6) is -0.301. The Hall–Kier alpha value is -0.661. The summed E-state index contributed by atoms with van der Waals surface area (Å²) in [6.07, 6.45) is 0. The Morgan fingerprint density at radius 3 is 2.20 bits per heavy atom. The molecule has 52 valence electrons. The quantitative estimate of drug-likeness (QED) is 0.670. The summed E-state index contributed by atoms with van der Waals surface area (Å²) in [5.41, 5.74) is 0.599. The van der Waals surface area contributed by atoms with E-state index in [9.17, 15) is 4.39 Å². The molecule has 0 saturated heterocycles. The number of aliphatic hydroxyl groups excluding tert-OH is 1.